The summed E-state index contributed by atoms with van der Waals surface area (Å²) >= 11 is 0. The Kier molecular flexibility index (Phi) is 8.08. The fraction of sp³-hybridized carbons (Fsp3) is 0.0189. The van der Waals surface area contributed by atoms with E-state index >= 15 is 0 Å². The van der Waals surface area contributed by atoms with Crippen molar-refractivity contribution in [1.29, 1.82) is 0 Å². The van der Waals surface area contributed by atoms with E-state index in [2.05, 4.69) is 212 Å². The minimum atomic E-state index is -0.503. The molecular formula is C53H36N2. The molecule has 0 aliphatic heterocycles. The van der Waals surface area contributed by atoms with Crippen molar-refractivity contribution in [3.05, 3.63) is 241 Å². The van der Waals surface area contributed by atoms with Crippen molar-refractivity contribution < 1.29 is 0 Å². The lowest BCUT2D eigenvalue weighted by Gasteiger charge is -2.34. The fourth-order valence-corrected chi connectivity index (χ4v) is 8.43. The maximum atomic E-state index is 5.32. The van der Waals surface area contributed by atoms with E-state index in [4.69, 9.17) is 9.97 Å². The Bertz CT molecular complexity index is 2680. The van der Waals surface area contributed by atoms with Crippen LogP contribution in [0.15, 0.2) is 218 Å². The number of benzene rings is 8. The van der Waals surface area contributed by atoms with Gasteiger partial charge in [-0.2, -0.15) is 0 Å². The van der Waals surface area contributed by atoms with Gasteiger partial charge in [-0.25, -0.2) is 9.97 Å². The summed E-state index contributed by atoms with van der Waals surface area (Å²) in [7, 11) is 0. The Labute approximate surface area is 322 Å². The van der Waals surface area contributed by atoms with Crippen LogP contribution in [0.5, 0.6) is 0 Å². The third-order valence-corrected chi connectivity index (χ3v) is 11.0. The summed E-state index contributed by atoms with van der Waals surface area (Å²) in [5.41, 5.74) is 16.5. The van der Waals surface area contributed by atoms with Gasteiger partial charge in [0.15, 0.2) is 5.82 Å². The molecule has 0 bridgehead atoms. The number of fused-ring (bicyclic) bond motifs is 3. The van der Waals surface area contributed by atoms with Crippen molar-refractivity contribution in [2.75, 3.05) is 0 Å². The maximum absolute atomic E-state index is 5.32. The third kappa shape index (κ3) is 5.67. The van der Waals surface area contributed by atoms with E-state index < -0.39 is 5.41 Å². The summed E-state index contributed by atoms with van der Waals surface area (Å²) in [5.74, 6) is 0.695. The summed E-state index contributed by atoms with van der Waals surface area (Å²) in [6, 6.07) is 78.2. The second-order valence-corrected chi connectivity index (χ2v) is 14.1. The monoisotopic (exact) mass is 700 g/mol. The molecule has 1 heterocycles. The molecule has 0 amide bonds. The van der Waals surface area contributed by atoms with Crippen molar-refractivity contribution in [3.8, 4) is 67.3 Å². The minimum Gasteiger partial charge on any atom is -0.228 e. The van der Waals surface area contributed by atoms with Gasteiger partial charge in [0.25, 0.3) is 0 Å². The zero-order chi connectivity index (χ0) is 36.6. The van der Waals surface area contributed by atoms with Crippen LogP contribution in [-0.4, -0.2) is 9.97 Å². The number of hydrogen-bond acceptors (Lipinski definition) is 2. The van der Waals surface area contributed by atoms with E-state index in [1.54, 1.807) is 0 Å². The van der Waals surface area contributed by atoms with Crippen molar-refractivity contribution in [2.24, 2.45) is 0 Å². The molecular weight excluding hydrogens is 665 g/mol. The first kappa shape index (κ1) is 32.5. The topological polar surface area (TPSA) is 25.8 Å². The van der Waals surface area contributed by atoms with Gasteiger partial charge < -0.3 is 0 Å². The summed E-state index contributed by atoms with van der Waals surface area (Å²) < 4.78 is 0. The van der Waals surface area contributed by atoms with Gasteiger partial charge in [0.05, 0.1) is 16.8 Å². The van der Waals surface area contributed by atoms with Crippen LogP contribution in [-0.2, 0) is 5.41 Å². The van der Waals surface area contributed by atoms with Crippen molar-refractivity contribution >= 4 is 0 Å². The molecule has 0 atom stereocenters. The third-order valence-electron chi connectivity index (χ3n) is 11.0. The smallest absolute Gasteiger partial charge is 0.160 e. The first-order chi connectivity index (χ1) is 27.3. The summed E-state index contributed by atoms with van der Waals surface area (Å²) in [6.45, 7) is 0. The van der Waals surface area contributed by atoms with Gasteiger partial charge in [-0.3, -0.25) is 0 Å². The highest BCUT2D eigenvalue weighted by atomic mass is 14.9. The number of rotatable bonds is 7. The Morgan fingerprint density at radius 3 is 1.27 bits per heavy atom. The molecule has 0 N–H and O–H groups in total. The van der Waals surface area contributed by atoms with E-state index in [-0.39, 0.29) is 0 Å². The maximum Gasteiger partial charge on any atom is 0.160 e. The Morgan fingerprint density at radius 2 is 0.709 bits per heavy atom. The van der Waals surface area contributed by atoms with E-state index in [1.807, 2.05) is 6.07 Å². The van der Waals surface area contributed by atoms with Crippen LogP contribution in [0.4, 0.5) is 0 Å². The number of aromatic nitrogens is 2. The zero-order valence-corrected chi connectivity index (χ0v) is 30.2. The predicted octanol–water partition coefficient (Wildman–Crippen LogP) is 13.2. The molecule has 1 aliphatic carbocycles. The minimum absolute atomic E-state index is 0.503. The van der Waals surface area contributed by atoms with Crippen LogP contribution < -0.4 is 0 Å². The molecule has 1 aliphatic rings. The van der Waals surface area contributed by atoms with Gasteiger partial charge in [-0.1, -0.05) is 188 Å². The Hall–Kier alpha value is -7.16. The molecule has 2 heteroatoms. The van der Waals surface area contributed by atoms with Crippen LogP contribution in [0.25, 0.3) is 67.3 Å². The van der Waals surface area contributed by atoms with E-state index in [0.29, 0.717) is 5.82 Å². The highest BCUT2D eigenvalue weighted by molar-refractivity contribution is 5.89. The molecule has 0 radical (unpaired) electrons. The second-order valence-electron chi connectivity index (χ2n) is 14.1. The molecule has 8 aromatic carbocycles. The lowest BCUT2D eigenvalue weighted by molar-refractivity contribution is 0.768. The van der Waals surface area contributed by atoms with Crippen LogP contribution in [0.3, 0.4) is 0 Å². The first-order valence-corrected chi connectivity index (χ1v) is 18.8. The molecule has 258 valence electrons. The quantitative estimate of drug-likeness (QED) is 0.165. The standard InChI is InChI=1S/C53H36N2/c1-6-18-37(19-7-1)41-32-42(38-20-8-2-9-21-38)34-43(33-41)51-36-50(54-52(55-51)39-22-10-3-11-23-39)40-30-31-47-46-28-16-17-29-48(46)53(49(47)35-40,44-24-12-4-13-25-44)45-26-14-5-15-27-45/h1-36H. The van der Waals surface area contributed by atoms with Crippen LogP contribution in [0.1, 0.15) is 22.3 Å². The number of hydrogen-bond donors (Lipinski definition) is 0. The molecule has 0 spiro atoms. The van der Waals surface area contributed by atoms with Gasteiger partial charge in [-0.15, -0.1) is 0 Å². The zero-order valence-electron chi connectivity index (χ0n) is 30.2. The first-order valence-electron chi connectivity index (χ1n) is 18.8. The second kappa shape index (κ2) is 13.7. The highest BCUT2D eigenvalue weighted by Gasteiger charge is 2.46. The molecule has 10 rings (SSSR count). The largest absolute Gasteiger partial charge is 0.228 e. The molecule has 9 aromatic rings. The van der Waals surface area contributed by atoms with Gasteiger partial charge in [0.1, 0.15) is 0 Å². The molecule has 0 saturated carbocycles. The highest BCUT2D eigenvalue weighted by Crippen LogP contribution is 2.56. The molecule has 1 aromatic heterocycles. The average molecular weight is 701 g/mol. The van der Waals surface area contributed by atoms with E-state index in [9.17, 15) is 0 Å². The molecule has 55 heavy (non-hydrogen) atoms. The van der Waals surface area contributed by atoms with Gasteiger partial charge in [0, 0.05) is 16.7 Å². The van der Waals surface area contributed by atoms with Crippen molar-refractivity contribution in [2.45, 2.75) is 5.41 Å². The van der Waals surface area contributed by atoms with Crippen LogP contribution >= 0.6 is 0 Å². The van der Waals surface area contributed by atoms with Crippen LogP contribution in [0.2, 0.25) is 0 Å². The molecule has 0 saturated heterocycles. The summed E-state index contributed by atoms with van der Waals surface area (Å²) in [5, 5.41) is 0. The summed E-state index contributed by atoms with van der Waals surface area (Å²) in [4.78, 5) is 10.6. The summed E-state index contributed by atoms with van der Waals surface area (Å²) in [6.07, 6.45) is 0. The fourth-order valence-electron chi connectivity index (χ4n) is 8.43. The van der Waals surface area contributed by atoms with Crippen molar-refractivity contribution in [1.82, 2.24) is 9.97 Å². The average Bonchev–Trinajstić information content (AvgIpc) is 3.58. The van der Waals surface area contributed by atoms with Crippen molar-refractivity contribution in [3.63, 3.8) is 0 Å². The Balaban J connectivity index is 1.22. The normalized spacial score (nSPS) is 12.5. The predicted molar refractivity (Wildman–Crippen MR) is 227 cm³/mol. The Morgan fingerprint density at radius 1 is 0.273 bits per heavy atom. The van der Waals surface area contributed by atoms with Gasteiger partial charge >= 0.3 is 0 Å². The lowest BCUT2D eigenvalue weighted by Crippen LogP contribution is -2.28. The number of nitrogens with zero attached hydrogens (tertiary/aromatic N) is 2. The SMILES string of the molecule is c1ccc(-c2cc(-c3ccccc3)cc(-c3cc(-c4ccc5c(c4)C(c4ccccc4)(c4ccccc4)c4ccccc4-5)nc(-c4ccccc4)n3)c2)cc1. The lowest BCUT2D eigenvalue weighted by atomic mass is 9.67. The van der Waals surface area contributed by atoms with Gasteiger partial charge in [-0.05, 0) is 86.0 Å². The molecule has 2 nitrogen and oxygen atoms in total. The van der Waals surface area contributed by atoms with Crippen LogP contribution in [0, 0.1) is 0 Å². The van der Waals surface area contributed by atoms with Gasteiger partial charge in [0.2, 0.25) is 0 Å². The van der Waals surface area contributed by atoms with E-state index in [0.717, 1.165) is 50.3 Å². The van der Waals surface area contributed by atoms with E-state index in [1.165, 1.54) is 33.4 Å². The molecule has 0 fully saturated rings. The molecule has 0 unspecified atom stereocenters.